The van der Waals surface area contributed by atoms with Gasteiger partial charge in [0.05, 0.1) is 18.6 Å². The van der Waals surface area contributed by atoms with E-state index in [0.29, 0.717) is 18.4 Å². The number of hydrogen-bond donors (Lipinski definition) is 4. The zero-order valence-electron chi connectivity index (χ0n) is 13.0. The van der Waals surface area contributed by atoms with Crippen molar-refractivity contribution in [3.8, 4) is 11.5 Å². The molecule has 0 aliphatic heterocycles. The van der Waals surface area contributed by atoms with E-state index in [2.05, 4.69) is 0 Å². The first-order valence-electron chi connectivity index (χ1n) is 7.64. The Kier molecular flexibility index (Phi) is 5.81. The Hall–Kier alpha value is -2.54. The SMILES string of the molecule is O=C(/C=C/c1ccc(O)c(O)c1)OCC1C[C@H](C(=O)O)CC[C@H]1O. The molecule has 4 N–H and O–H groups in total. The van der Waals surface area contributed by atoms with E-state index in [1.807, 2.05) is 0 Å². The monoisotopic (exact) mass is 336 g/mol. The number of phenols is 2. The third-order valence-electron chi connectivity index (χ3n) is 4.14. The molecule has 7 nitrogen and oxygen atoms in total. The van der Waals surface area contributed by atoms with E-state index < -0.39 is 29.9 Å². The molecule has 1 aliphatic rings. The van der Waals surface area contributed by atoms with E-state index in [1.54, 1.807) is 0 Å². The van der Waals surface area contributed by atoms with E-state index in [1.165, 1.54) is 24.3 Å². The van der Waals surface area contributed by atoms with Crippen LogP contribution in [0, 0.1) is 11.8 Å². The highest BCUT2D eigenvalue weighted by Crippen LogP contribution is 2.30. The van der Waals surface area contributed by atoms with Crippen molar-refractivity contribution in [3.63, 3.8) is 0 Å². The average molecular weight is 336 g/mol. The predicted octanol–water partition coefficient (Wildman–Crippen LogP) is 1.52. The number of carbonyl (C=O) groups is 2. The van der Waals surface area contributed by atoms with Crippen LogP contribution < -0.4 is 0 Å². The Morgan fingerprint density at radius 3 is 2.62 bits per heavy atom. The van der Waals surface area contributed by atoms with Crippen molar-refractivity contribution >= 4 is 18.0 Å². The highest BCUT2D eigenvalue weighted by Gasteiger charge is 2.33. The van der Waals surface area contributed by atoms with Gasteiger partial charge in [0.1, 0.15) is 0 Å². The smallest absolute Gasteiger partial charge is 0.330 e. The molecule has 1 unspecified atom stereocenters. The fraction of sp³-hybridized carbons (Fsp3) is 0.412. The van der Waals surface area contributed by atoms with Crippen LogP contribution in [0.2, 0.25) is 0 Å². The van der Waals surface area contributed by atoms with Crippen LogP contribution in [0.4, 0.5) is 0 Å². The summed E-state index contributed by atoms with van der Waals surface area (Å²) in [6.45, 7) is -0.0467. The number of benzene rings is 1. The summed E-state index contributed by atoms with van der Waals surface area (Å²) in [5.74, 6) is -3.00. The number of aromatic hydroxyl groups is 2. The third-order valence-corrected chi connectivity index (χ3v) is 4.14. The van der Waals surface area contributed by atoms with Crippen molar-refractivity contribution in [1.82, 2.24) is 0 Å². The number of aliphatic carboxylic acids is 1. The number of aliphatic hydroxyl groups excluding tert-OH is 1. The molecule has 3 atom stereocenters. The van der Waals surface area contributed by atoms with Crippen LogP contribution >= 0.6 is 0 Å². The summed E-state index contributed by atoms with van der Waals surface area (Å²) in [5, 5.41) is 37.5. The van der Waals surface area contributed by atoms with Gasteiger partial charge in [-0.15, -0.1) is 0 Å². The van der Waals surface area contributed by atoms with Gasteiger partial charge in [0.2, 0.25) is 0 Å². The molecule has 1 saturated carbocycles. The standard InChI is InChI=1S/C17H20O7/c18-13-5-3-11(17(22)23)8-12(13)9-24-16(21)6-2-10-1-4-14(19)15(20)7-10/h1-2,4,6-7,11-13,18-20H,3,5,8-9H2,(H,22,23)/b6-2+/t11-,12?,13-/m1/s1. The number of esters is 1. The fourth-order valence-corrected chi connectivity index (χ4v) is 2.70. The van der Waals surface area contributed by atoms with E-state index >= 15 is 0 Å². The molecule has 1 fully saturated rings. The molecule has 2 rings (SSSR count). The van der Waals surface area contributed by atoms with Gasteiger partial charge in [-0.2, -0.15) is 0 Å². The Bertz CT molecular complexity index is 638. The van der Waals surface area contributed by atoms with E-state index in [4.69, 9.17) is 9.84 Å². The summed E-state index contributed by atoms with van der Waals surface area (Å²) in [4.78, 5) is 22.7. The van der Waals surface area contributed by atoms with Crippen molar-refractivity contribution < 1.29 is 34.8 Å². The second-order valence-corrected chi connectivity index (χ2v) is 5.89. The highest BCUT2D eigenvalue weighted by atomic mass is 16.5. The first-order chi connectivity index (χ1) is 11.4. The van der Waals surface area contributed by atoms with Crippen molar-refractivity contribution in [3.05, 3.63) is 29.8 Å². The number of phenolic OH excluding ortho intramolecular Hbond substituents is 2. The minimum Gasteiger partial charge on any atom is -0.504 e. The van der Waals surface area contributed by atoms with Crippen molar-refractivity contribution in [2.75, 3.05) is 6.61 Å². The predicted molar refractivity (Wildman–Crippen MR) is 84.2 cm³/mol. The van der Waals surface area contributed by atoms with Gasteiger partial charge in [-0.1, -0.05) is 6.07 Å². The Balaban J connectivity index is 1.86. The molecule has 130 valence electrons. The van der Waals surface area contributed by atoms with Crippen LogP contribution in [-0.2, 0) is 14.3 Å². The zero-order valence-corrected chi connectivity index (χ0v) is 13.0. The van der Waals surface area contributed by atoms with Crippen LogP contribution in [0.15, 0.2) is 24.3 Å². The summed E-state index contributed by atoms with van der Waals surface area (Å²) in [6.07, 6.45) is 2.98. The van der Waals surface area contributed by atoms with Crippen LogP contribution in [-0.4, -0.2) is 45.1 Å². The third kappa shape index (κ3) is 4.73. The molecular weight excluding hydrogens is 316 g/mol. The molecule has 0 bridgehead atoms. The van der Waals surface area contributed by atoms with Crippen LogP contribution in [0.3, 0.4) is 0 Å². The normalized spacial score (nSPS) is 24.0. The molecule has 0 aromatic heterocycles. The summed E-state index contributed by atoms with van der Waals surface area (Å²) in [5.41, 5.74) is 0.505. The second kappa shape index (κ2) is 7.83. The lowest BCUT2D eigenvalue weighted by atomic mass is 9.80. The maximum atomic E-state index is 11.7. The molecule has 1 aromatic rings. The molecule has 0 radical (unpaired) electrons. The first-order valence-corrected chi connectivity index (χ1v) is 7.64. The first kappa shape index (κ1) is 17.8. The molecular formula is C17H20O7. The minimum atomic E-state index is -0.898. The minimum absolute atomic E-state index is 0.0467. The number of rotatable bonds is 5. The van der Waals surface area contributed by atoms with Crippen molar-refractivity contribution in [1.29, 1.82) is 0 Å². The van der Waals surface area contributed by atoms with Crippen LogP contribution in [0.5, 0.6) is 11.5 Å². The van der Waals surface area contributed by atoms with Gasteiger partial charge in [-0.25, -0.2) is 4.79 Å². The van der Waals surface area contributed by atoms with E-state index in [9.17, 15) is 24.9 Å². The lowest BCUT2D eigenvalue weighted by molar-refractivity contribution is -0.146. The van der Waals surface area contributed by atoms with Crippen molar-refractivity contribution in [2.24, 2.45) is 11.8 Å². The lowest BCUT2D eigenvalue weighted by Crippen LogP contribution is -2.35. The fourth-order valence-electron chi connectivity index (χ4n) is 2.70. The van der Waals surface area contributed by atoms with Gasteiger partial charge in [-0.05, 0) is 43.0 Å². The van der Waals surface area contributed by atoms with Gasteiger partial charge >= 0.3 is 11.9 Å². The molecule has 0 amide bonds. The number of carboxylic acids is 1. The van der Waals surface area contributed by atoms with Gasteiger partial charge in [0.15, 0.2) is 11.5 Å². The van der Waals surface area contributed by atoms with Crippen molar-refractivity contribution in [2.45, 2.75) is 25.4 Å². The maximum Gasteiger partial charge on any atom is 0.330 e. The summed E-state index contributed by atoms with van der Waals surface area (Å²) in [6, 6.07) is 4.10. The topological polar surface area (TPSA) is 124 Å². The lowest BCUT2D eigenvalue weighted by Gasteiger charge is -2.30. The number of ether oxygens (including phenoxy) is 1. The molecule has 24 heavy (non-hydrogen) atoms. The number of carboxylic acid groups (broad SMARTS) is 1. The summed E-state index contributed by atoms with van der Waals surface area (Å²) >= 11 is 0. The van der Waals surface area contributed by atoms with Crippen LogP contribution in [0.25, 0.3) is 6.08 Å². The largest absolute Gasteiger partial charge is 0.504 e. The van der Waals surface area contributed by atoms with Gasteiger partial charge in [0.25, 0.3) is 0 Å². The Morgan fingerprint density at radius 2 is 1.96 bits per heavy atom. The molecule has 1 aromatic carbocycles. The maximum absolute atomic E-state index is 11.7. The van der Waals surface area contributed by atoms with Crippen LogP contribution in [0.1, 0.15) is 24.8 Å². The van der Waals surface area contributed by atoms with E-state index in [0.717, 1.165) is 6.08 Å². The molecule has 1 aliphatic carbocycles. The van der Waals surface area contributed by atoms with Gasteiger partial charge in [0, 0.05) is 12.0 Å². The highest BCUT2D eigenvalue weighted by molar-refractivity contribution is 5.87. The van der Waals surface area contributed by atoms with Gasteiger partial charge < -0.3 is 25.2 Å². The average Bonchev–Trinajstić information content (AvgIpc) is 2.55. The zero-order chi connectivity index (χ0) is 17.7. The summed E-state index contributed by atoms with van der Waals surface area (Å²) < 4.78 is 5.07. The number of carbonyl (C=O) groups excluding carboxylic acids is 1. The van der Waals surface area contributed by atoms with Gasteiger partial charge in [-0.3, -0.25) is 4.79 Å². The quantitative estimate of drug-likeness (QED) is 0.365. The molecule has 0 saturated heterocycles. The Labute approximate surface area is 138 Å². The summed E-state index contributed by atoms with van der Waals surface area (Å²) in [7, 11) is 0. The number of hydrogen-bond acceptors (Lipinski definition) is 6. The molecule has 0 spiro atoms. The Morgan fingerprint density at radius 1 is 1.21 bits per heavy atom. The molecule has 7 heteroatoms. The van der Waals surface area contributed by atoms with E-state index in [-0.39, 0.29) is 24.5 Å². The number of aliphatic hydroxyl groups is 1. The second-order valence-electron chi connectivity index (χ2n) is 5.89. The molecule has 0 heterocycles.